The van der Waals surface area contributed by atoms with Crippen LogP contribution in [0.15, 0.2) is 119 Å². The molecular formula is C32H44O2. The van der Waals surface area contributed by atoms with Gasteiger partial charge in [-0.05, 0) is 58.4 Å². The minimum atomic E-state index is -0.224. The maximum Gasteiger partial charge on any atom is 0.0615 e. The molecule has 0 aromatic heterocycles. The molecule has 2 heteroatoms. The van der Waals surface area contributed by atoms with Gasteiger partial charge < -0.3 is 10.2 Å². The van der Waals surface area contributed by atoms with Crippen molar-refractivity contribution in [1.29, 1.82) is 0 Å². The molecule has 0 unspecified atom stereocenters. The van der Waals surface area contributed by atoms with E-state index in [1.54, 1.807) is 6.08 Å². The predicted molar refractivity (Wildman–Crippen MR) is 150 cm³/mol. The largest absolute Gasteiger partial charge is 0.393 e. The van der Waals surface area contributed by atoms with Crippen LogP contribution in [0.3, 0.4) is 0 Å². The molecule has 0 radical (unpaired) electrons. The summed E-state index contributed by atoms with van der Waals surface area (Å²) in [6, 6.07) is 0. The average molecular weight is 461 g/mol. The first-order valence-corrected chi connectivity index (χ1v) is 12.1. The predicted octanol–water partition coefficient (Wildman–Crippen LogP) is 8.04. The molecule has 0 spiro atoms. The third-order valence-corrected chi connectivity index (χ3v) is 5.74. The second-order valence-corrected chi connectivity index (χ2v) is 9.80. The molecule has 0 aromatic rings. The molecule has 0 fully saturated rings. The molecule has 184 valence electrons. The third-order valence-electron chi connectivity index (χ3n) is 5.74. The molecule has 0 amide bonds. The monoisotopic (exact) mass is 460 g/mol. The summed E-state index contributed by atoms with van der Waals surface area (Å²) in [4.78, 5) is 0. The first kappa shape index (κ1) is 29.4. The Balaban J connectivity index is 2.66. The van der Waals surface area contributed by atoms with Gasteiger partial charge in [-0.15, -0.1) is 0 Å². The van der Waals surface area contributed by atoms with Crippen molar-refractivity contribution < 1.29 is 10.2 Å². The summed E-state index contributed by atoms with van der Waals surface area (Å²) in [5, 5.41) is 18.8. The highest BCUT2D eigenvalue weighted by Crippen LogP contribution is 2.41. The SMILES string of the molecule is CC1=C(/C=C/C(C)=C/C=C/C(C)=C/C=C/C=C(C)/C=C/C=C(C)/C=C/CO)C(C)(C)C[C@H](O)C1. The highest BCUT2D eigenvalue weighted by molar-refractivity contribution is 5.38. The van der Waals surface area contributed by atoms with Gasteiger partial charge in [0.2, 0.25) is 0 Å². The van der Waals surface area contributed by atoms with Gasteiger partial charge in [-0.3, -0.25) is 0 Å². The van der Waals surface area contributed by atoms with Crippen LogP contribution >= 0.6 is 0 Å². The van der Waals surface area contributed by atoms with Crippen LogP contribution in [0.2, 0.25) is 0 Å². The Hall–Kier alpha value is -2.68. The van der Waals surface area contributed by atoms with Crippen molar-refractivity contribution in [3.63, 3.8) is 0 Å². The van der Waals surface area contributed by atoms with Crippen LogP contribution in [0.5, 0.6) is 0 Å². The van der Waals surface area contributed by atoms with Gasteiger partial charge in [0.05, 0.1) is 12.7 Å². The van der Waals surface area contributed by atoms with Crippen molar-refractivity contribution in [2.45, 2.75) is 67.4 Å². The van der Waals surface area contributed by atoms with Crippen LogP contribution in [0.4, 0.5) is 0 Å². The molecule has 1 aliphatic carbocycles. The molecule has 2 N–H and O–H groups in total. The summed E-state index contributed by atoms with van der Waals surface area (Å²) in [6.45, 7) is 14.9. The molecule has 1 rings (SSSR count). The van der Waals surface area contributed by atoms with E-state index in [2.05, 4.69) is 90.2 Å². The van der Waals surface area contributed by atoms with Crippen LogP contribution in [-0.2, 0) is 0 Å². The molecule has 0 saturated heterocycles. The number of hydrogen-bond acceptors (Lipinski definition) is 2. The molecule has 1 aliphatic rings. The standard InChI is InChI=1S/C32H44O2/c1-25(15-10-17-27(3)19-12-22-33)13-8-9-14-26(2)16-11-18-28(4)20-21-31-29(5)23-30(34)24-32(31,6)7/h8-21,30,33-34H,22-24H2,1-7H3/b9-8+,15-10+,16-11+,19-12+,21-20+,25-13+,26-14+,27-17+,28-18+/t30-/m1/s1. The molecule has 2 nitrogen and oxygen atoms in total. The minimum Gasteiger partial charge on any atom is -0.393 e. The van der Waals surface area contributed by atoms with Crippen molar-refractivity contribution >= 4 is 0 Å². The maximum absolute atomic E-state index is 10.1. The fourth-order valence-electron chi connectivity index (χ4n) is 3.97. The van der Waals surface area contributed by atoms with E-state index in [1.165, 1.54) is 27.9 Å². The molecule has 0 aliphatic heterocycles. The summed E-state index contributed by atoms with van der Waals surface area (Å²) < 4.78 is 0. The van der Waals surface area contributed by atoms with Crippen molar-refractivity contribution in [2.75, 3.05) is 6.61 Å². The van der Waals surface area contributed by atoms with Crippen LogP contribution in [0.1, 0.15) is 61.3 Å². The number of rotatable bonds is 10. The Morgan fingerprint density at radius 3 is 1.76 bits per heavy atom. The molecule has 1 atom stereocenters. The highest BCUT2D eigenvalue weighted by Gasteiger charge is 2.31. The van der Waals surface area contributed by atoms with Crippen LogP contribution in [0, 0.1) is 5.41 Å². The average Bonchev–Trinajstić information content (AvgIpc) is 2.74. The minimum absolute atomic E-state index is 0.00983. The van der Waals surface area contributed by atoms with E-state index >= 15 is 0 Å². The maximum atomic E-state index is 10.1. The number of aliphatic hydroxyl groups is 2. The Kier molecular flexibility index (Phi) is 13.2. The zero-order valence-corrected chi connectivity index (χ0v) is 22.2. The second kappa shape index (κ2) is 15.3. The molecule has 34 heavy (non-hydrogen) atoms. The van der Waals surface area contributed by atoms with Crippen LogP contribution in [-0.4, -0.2) is 22.9 Å². The summed E-state index contributed by atoms with van der Waals surface area (Å²) in [5.41, 5.74) is 7.29. The van der Waals surface area contributed by atoms with E-state index in [-0.39, 0.29) is 18.1 Å². The lowest BCUT2D eigenvalue weighted by molar-refractivity contribution is 0.116. The van der Waals surface area contributed by atoms with Gasteiger partial charge in [-0.25, -0.2) is 0 Å². The Morgan fingerprint density at radius 2 is 1.26 bits per heavy atom. The van der Waals surface area contributed by atoms with Gasteiger partial charge >= 0.3 is 0 Å². The Labute approximate surface area is 208 Å². The normalized spacial score (nSPS) is 21.5. The summed E-state index contributed by atoms with van der Waals surface area (Å²) >= 11 is 0. The van der Waals surface area contributed by atoms with Crippen molar-refractivity contribution in [2.24, 2.45) is 5.41 Å². The lowest BCUT2D eigenvalue weighted by atomic mass is 9.71. The van der Waals surface area contributed by atoms with Crippen molar-refractivity contribution in [3.8, 4) is 0 Å². The Morgan fingerprint density at radius 1 is 0.794 bits per heavy atom. The van der Waals surface area contributed by atoms with E-state index in [0.717, 1.165) is 18.4 Å². The van der Waals surface area contributed by atoms with E-state index < -0.39 is 0 Å². The summed E-state index contributed by atoms with van der Waals surface area (Å²) in [7, 11) is 0. The van der Waals surface area contributed by atoms with Gasteiger partial charge in [-0.1, -0.05) is 127 Å². The fraction of sp³-hybridized carbons (Fsp3) is 0.375. The van der Waals surface area contributed by atoms with Crippen LogP contribution in [0.25, 0.3) is 0 Å². The highest BCUT2D eigenvalue weighted by atomic mass is 16.3. The molecule has 0 aromatic carbocycles. The van der Waals surface area contributed by atoms with Gasteiger partial charge in [0.25, 0.3) is 0 Å². The lowest BCUT2D eigenvalue weighted by Gasteiger charge is -2.35. The van der Waals surface area contributed by atoms with Gasteiger partial charge in [0.15, 0.2) is 0 Å². The second-order valence-electron chi connectivity index (χ2n) is 9.80. The summed E-state index contributed by atoms with van der Waals surface area (Å²) in [6.07, 6.45) is 30.1. The molecule has 0 heterocycles. The van der Waals surface area contributed by atoms with E-state index in [1.807, 2.05) is 37.3 Å². The van der Waals surface area contributed by atoms with Crippen LogP contribution < -0.4 is 0 Å². The third kappa shape index (κ3) is 12.0. The molecular weight excluding hydrogens is 416 g/mol. The van der Waals surface area contributed by atoms with Gasteiger partial charge in [-0.2, -0.15) is 0 Å². The number of aliphatic hydroxyl groups excluding tert-OH is 2. The van der Waals surface area contributed by atoms with E-state index in [4.69, 9.17) is 5.11 Å². The van der Waals surface area contributed by atoms with E-state index in [9.17, 15) is 5.11 Å². The summed E-state index contributed by atoms with van der Waals surface area (Å²) in [5.74, 6) is 0. The smallest absolute Gasteiger partial charge is 0.0615 e. The van der Waals surface area contributed by atoms with Crippen molar-refractivity contribution in [3.05, 3.63) is 119 Å². The van der Waals surface area contributed by atoms with Crippen molar-refractivity contribution in [1.82, 2.24) is 0 Å². The number of hydrogen-bond donors (Lipinski definition) is 2. The quantitative estimate of drug-likeness (QED) is 0.324. The number of allylic oxidation sites excluding steroid dienone is 18. The molecule has 0 saturated carbocycles. The topological polar surface area (TPSA) is 40.5 Å². The zero-order valence-electron chi connectivity index (χ0n) is 22.2. The zero-order chi connectivity index (χ0) is 25.6. The fourth-order valence-corrected chi connectivity index (χ4v) is 3.97. The first-order chi connectivity index (χ1) is 16.0. The Bertz CT molecular complexity index is 966. The van der Waals surface area contributed by atoms with Gasteiger partial charge in [0.1, 0.15) is 0 Å². The lowest BCUT2D eigenvalue weighted by Crippen LogP contribution is -2.28. The first-order valence-electron chi connectivity index (χ1n) is 12.1. The molecule has 0 bridgehead atoms. The van der Waals surface area contributed by atoms with Gasteiger partial charge in [0, 0.05) is 0 Å². The van der Waals surface area contributed by atoms with E-state index in [0.29, 0.717) is 0 Å².